The van der Waals surface area contributed by atoms with Crippen molar-refractivity contribution in [1.29, 1.82) is 0 Å². The number of benzene rings is 3. The first-order valence-electron chi connectivity index (χ1n) is 12.7. The molecule has 1 fully saturated rings. The molecule has 0 saturated carbocycles. The number of hydrogen-bond donors (Lipinski definition) is 0. The second kappa shape index (κ2) is 11.6. The molecule has 1 saturated heterocycles. The highest BCUT2D eigenvalue weighted by molar-refractivity contribution is 8.18. The zero-order valence-corrected chi connectivity index (χ0v) is 22.5. The van der Waals surface area contributed by atoms with Crippen LogP contribution in [0.3, 0.4) is 0 Å². The van der Waals surface area contributed by atoms with Crippen molar-refractivity contribution >= 4 is 34.6 Å². The molecular weight excluding hydrogens is 500 g/mol. The molecule has 3 aromatic rings. The van der Waals surface area contributed by atoms with Crippen LogP contribution in [0.1, 0.15) is 37.0 Å². The van der Waals surface area contributed by atoms with E-state index in [-0.39, 0.29) is 12.7 Å². The fraction of sp³-hybridized carbons (Fsp3) is 0.267. The molecule has 0 aromatic heterocycles. The van der Waals surface area contributed by atoms with E-state index in [0.717, 1.165) is 34.7 Å². The minimum atomic E-state index is -0.0381. The Labute approximate surface area is 227 Å². The summed E-state index contributed by atoms with van der Waals surface area (Å²) in [4.78, 5) is 20.4. The Hall–Kier alpha value is -3.91. The van der Waals surface area contributed by atoms with Crippen LogP contribution in [0.2, 0.25) is 0 Å². The number of ether oxygens (including phenoxy) is 4. The number of fused-ring (bicyclic) bond motifs is 1. The fourth-order valence-corrected chi connectivity index (χ4v) is 5.11. The van der Waals surface area contributed by atoms with Crippen LogP contribution in [0.25, 0.3) is 6.08 Å². The number of hydrogen-bond acceptors (Lipinski definition) is 7. The number of thioether (sulfide) groups is 1. The third kappa shape index (κ3) is 5.81. The molecule has 196 valence electrons. The van der Waals surface area contributed by atoms with Crippen molar-refractivity contribution in [3.63, 3.8) is 0 Å². The number of amides is 1. The highest BCUT2D eigenvalue weighted by atomic mass is 32.2. The largest absolute Gasteiger partial charge is 0.490 e. The SMILES string of the molecule is CCCN1C(=O)/C(=C/c2ccc(OCc3ccc4c(c3)OCO4)c(OCC)c2)SC1=Nc1ccc(C)cc1. The van der Waals surface area contributed by atoms with Crippen molar-refractivity contribution < 1.29 is 23.7 Å². The average molecular weight is 531 g/mol. The quantitative estimate of drug-likeness (QED) is 0.286. The first-order chi connectivity index (χ1) is 18.5. The summed E-state index contributed by atoms with van der Waals surface area (Å²) >= 11 is 1.39. The molecule has 0 atom stereocenters. The molecule has 0 spiro atoms. The molecule has 0 bridgehead atoms. The Morgan fingerprint density at radius 1 is 0.974 bits per heavy atom. The molecule has 2 aliphatic rings. The van der Waals surface area contributed by atoms with Gasteiger partial charge in [0.05, 0.1) is 17.2 Å². The number of carbonyl (C=O) groups excluding carboxylic acids is 1. The van der Waals surface area contributed by atoms with Gasteiger partial charge in [0.25, 0.3) is 5.91 Å². The van der Waals surface area contributed by atoms with Gasteiger partial charge in [-0.3, -0.25) is 9.69 Å². The zero-order valence-electron chi connectivity index (χ0n) is 21.7. The highest BCUT2D eigenvalue weighted by Crippen LogP contribution is 2.37. The van der Waals surface area contributed by atoms with Gasteiger partial charge < -0.3 is 18.9 Å². The van der Waals surface area contributed by atoms with Crippen molar-refractivity contribution in [3.05, 3.63) is 82.3 Å². The van der Waals surface area contributed by atoms with Gasteiger partial charge in [-0.2, -0.15) is 0 Å². The first kappa shape index (κ1) is 25.7. The average Bonchev–Trinajstić information content (AvgIpc) is 3.50. The lowest BCUT2D eigenvalue weighted by molar-refractivity contribution is -0.122. The zero-order chi connectivity index (χ0) is 26.5. The summed E-state index contributed by atoms with van der Waals surface area (Å²) in [5.41, 5.74) is 3.82. The van der Waals surface area contributed by atoms with Gasteiger partial charge in [-0.1, -0.05) is 36.8 Å². The van der Waals surface area contributed by atoms with Gasteiger partial charge in [-0.05, 0) is 85.6 Å². The summed E-state index contributed by atoms with van der Waals surface area (Å²) in [6.07, 6.45) is 2.73. The third-order valence-electron chi connectivity index (χ3n) is 5.99. The monoisotopic (exact) mass is 530 g/mol. The first-order valence-corrected chi connectivity index (χ1v) is 13.5. The maximum Gasteiger partial charge on any atom is 0.266 e. The maximum atomic E-state index is 13.3. The molecule has 38 heavy (non-hydrogen) atoms. The van der Waals surface area contributed by atoms with Gasteiger partial charge in [-0.15, -0.1) is 0 Å². The molecule has 0 N–H and O–H groups in total. The van der Waals surface area contributed by atoms with Crippen LogP contribution in [0.5, 0.6) is 23.0 Å². The molecule has 7 nitrogen and oxygen atoms in total. The number of aliphatic imine (C=N–C) groups is 1. The maximum absolute atomic E-state index is 13.3. The van der Waals surface area contributed by atoms with E-state index >= 15 is 0 Å². The second-order valence-corrected chi connectivity index (χ2v) is 9.92. The molecule has 0 unspecified atom stereocenters. The van der Waals surface area contributed by atoms with Gasteiger partial charge in [0.1, 0.15) is 6.61 Å². The summed E-state index contributed by atoms with van der Waals surface area (Å²) in [5.74, 6) is 2.68. The number of nitrogens with zero attached hydrogens (tertiary/aromatic N) is 2. The minimum Gasteiger partial charge on any atom is -0.490 e. The van der Waals surface area contributed by atoms with Crippen molar-refractivity contribution in [1.82, 2.24) is 4.90 Å². The van der Waals surface area contributed by atoms with Gasteiger partial charge in [0, 0.05) is 6.54 Å². The van der Waals surface area contributed by atoms with Crippen LogP contribution >= 0.6 is 11.8 Å². The number of aryl methyl sites for hydroxylation is 1. The molecule has 5 rings (SSSR count). The van der Waals surface area contributed by atoms with E-state index < -0.39 is 0 Å². The number of carbonyl (C=O) groups is 1. The van der Waals surface area contributed by atoms with Gasteiger partial charge >= 0.3 is 0 Å². The minimum absolute atomic E-state index is 0.0381. The van der Waals surface area contributed by atoms with Gasteiger partial charge in [-0.25, -0.2) is 4.99 Å². The van der Waals surface area contributed by atoms with E-state index in [2.05, 4.69) is 6.92 Å². The van der Waals surface area contributed by atoms with Gasteiger partial charge in [0.2, 0.25) is 6.79 Å². The smallest absolute Gasteiger partial charge is 0.266 e. The van der Waals surface area contributed by atoms with Crippen LogP contribution in [-0.4, -0.2) is 35.9 Å². The normalized spacial score (nSPS) is 16.5. The van der Waals surface area contributed by atoms with E-state index in [4.69, 9.17) is 23.9 Å². The van der Waals surface area contributed by atoms with Crippen molar-refractivity contribution in [2.75, 3.05) is 19.9 Å². The van der Waals surface area contributed by atoms with E-state index in [1.807, 2.05) is 80.6 Å². The summed E-state index contributed by atoms with van der Waals surface area (Å²) in [5, 5.41) is 0.695. The standard InChI is InChI=1S/C30H30N2O5S/c1-4-14-32-29(33)28(38-30(32)31-23-10-6-20(3)7-11-23)17-21-8-12-24(26(15-21)34-5-2)35-18-22-9-13-25-27(16-22)37-19-36-25/h6-13,15-17H,4-5,14,18-19H2,1-3H3/b28-17-,31-30?. The lowest BCUT2D eigenvalue weighted by atomic mass is 10.1. The Morgan fingerprint density at radius 2 is 1.79 bits per heavy atom. The Morgan fingerprint density at radius 3 is 2.58 bits per heavy atom. The number of rotatable bonds is 9. The van der Waals surface area contributed by atoms with Crippen LogP contribution in [0.4, 0.5) is 5.69 Å². The summed E-state index contributed by atoms with van der Waals surface area (Å²) < 4.78 is 22.8. The van der Waals surface area contributed by atoms with Crippen molar-refractivity contribution in [3.8, 4) is 23.0 Å². The Balaban J connectivity index is 1.35. The molecule has 0 aliphatic carbocycles. The predicted octanol–water partition coefficient (Wildman–Crippen LogP) is 6.72. The molecule has 2 heterocycles. The van der Waals surface area contributed by atoms with E-state index in [0.29, 0.717) is 41.3 Å². The lowest BCUT2D eigenvalue weighted by Crippen LogP contribution is -2.29. The van der Waals surface area contributed by atoms with Crippen LogP contribution in [-0.2, 0) is 11.4 Å². The third-order valence-corrected chi connectivity index (χ3v) is 7.00. The molecule has 8 heteroatoms. The fourth-order valence-electron chi connectivity index (χ4n) is 4.09. The topological polar surface area (TPSA) is 69.6 Å². The molecule has 1 amide bonds. The molecule has 3 aromatic carbocycles. The van der Waals surface area contributed by atoms with E-state index in [9.17, 15) is 4.79 Å². The second-order valence-electron chi connectivity index (χ2n) is 8.91. The summed E-state index contributed by atoms with van der Waals surface area (Å²) in [7, 11) is 0. The molecular formula is C30H30N2O5S. The predicted molar refractivity (Wildman–Crippen MR) is 150 cm³/mol. The van der Waals surface area contributed by atoms with Crippen molar-refractivity contribution in [2.45, 2.75) is 33.8 Å². The van der Waals surface area contributed by atoms with Gasteiger partial charge in [0.15, 0.2) is 28.2 Å². The number of amidine groups is 1. The van der Waals surface area contributed by atoms with E-state index in [1.165, 1.54) is 17.3 Å². The van der Waals surface area contributed by atoms with Crippen LogP contribution < -0.4 is 18.9 Å². The van der Waals surface area contributed by atoms with E-state index in [1.54, 1.807) is 4.90 Å². The summed E-state index contributed by atoms with van der Waals surface area (Å²) in [6, 6.07) is 19.4. The Bertz CT molecular complexity index is 1380. The Kier molecular flexibility index (Phi) is 7.89. The molecule has 2 aliphatic heterocycles. The lowest BCUT2D eigenvalue weighted by Gasteiger charge is -2.14. The van der Waals surface area contributed by atoms with Crippen LogP contribution in [0, 0.1) is 6.92 Å². The summed E-state index contributed by atoms with van der Waals surface area (Å²) in [6.45, 7) is 7.73. The van der Waals surface area contributed by atoms with Crippen molar-refractivity contribution in [2.24, 2.45) is 4.99 Å². The highest BCUT2D eigenvalue weighted by Gasteiger charge is 2.32. The van der Waals surface area contributed by atoms with Crippen LogP contribution in [0.15, 0.2) is 70.6 Å². The molecule has 0 radical (unpaired) electrons.